The van der Waals surface area contributed by atoms with Gasteiger partial charge in [0, 0.05) is 13.1 Å². The number of hydrogen-bond donors (Lipinski definition) is 3. The van der Waals surface area contributed by atoms with Gasteiger partial charge in [-0.2, -0.15) is 13.2 Å². The van der Waals surface area contributed by atoms with Crippen molar-refractivity contribution in [3.8, 4) is 12.3 Å². The second-order valence-electron chi connectivity index (χ2n) is 5.70. The van der Waals surface area contributed by atoms with Crippen LogP contribution in [0.25, 0.3) is 0 Å². The number of carbonyl (C=O) groups is 3. The summed E-state index contributed by atoms with van der Waals surface area (Å²) in [5, 5.41) is 6.15. The topological polar surface area (TPSA) is 96.5 Å². The van der Waals surface area contributed by atoms with E-state index in [-0.39, 0.29) is 26.2 Å². The molecule has 0 aromatic carbocycles. The van der Waals surface area contributed by atoms with Crippen LogP contribution in [0.15, 0.2) is 0 Å². The first-order valence-electron chi connectivity index (χ1n) is 8.66. The van der Waals surface area contributed by atoms with Gasteiger partial charge in [-0.05, 0) is 12.8 Å². The molecule has 0 spiro atoms. The van der Waals surface area contributed by atoms with E-state index in [9.17, 15) is 27.6 Å². The van der Waals surface area contributed by atoms with Crippen LogP contribution >= 0.6 is 0 Å². The van der Waals surface area contributed by atoms with Crippen LogP contribution in [0, 0.1) is 12.3 Å². The Hall–Kier alpha value is -2.28. The Morgan fingerprint density at radius 1 is 1.04 bits per heavy atom. The molecule has 3 amide bonds. The Labute approximate surface area is 156 Å². The number of carbonyl (C=O) groups excluding carboxylic acids is 3. The molecule has 0 aliphatic heterocycles. The summed E-state index contributed by atoms with van der Waals surface area (Å²) in [5.74, 6) is -0.777. The molecule has 154 valence electrons. The largest absolute Gasteiger partial charge is 0.471 e. The quantitative estimate of drug-likeness (QED) is 0.320. The fourth-order valence-corrected chi connectivity index (χ4v) is 1.92. The Balaban J connectivity index is 3.83. The van der Waals surface area contributed by atoms with Gasteiger partial charge in [-0.15, -0.1) is 6.42 Å². The zero-order valence-corrected chi connectivity index (χ0v) is 15.3. The van der Waals surface area contributed by atoms with Crippen LogP contribution in [-0.4, -0.2) is 56.2 Å². The van der Waals surface area contributed by atoms with Gasteiger partial charge in [-0.25, -0.2) is 0 Å². The maximum Gasteiger partial charge on any atom is 0.471 e. The molecule has 0 fully saturated rings. The van der Waals surface area contributed by atoms with Crippen LogP contribution in [0.4, 0.5) is 13.2 Å². The van der Waals surface area contributed by atoms with Crippen molar-refractivity contribution >= 4 is 17.7 Å². The number of amides is 3. The normalized spacial score (nSPS) is 12.0. The van der Waals surface area contributed by atoms with Crippen molar-refractivity contribution in [3.05, 3.63) is 0 Å². The molecular weight excluding hydrogens is 367 g/mol. The van der Waals surface area contributed by atoms with E-state index in [0.717, 1.165) is 25.7 Å². The first-order chi connectivity index (χ1) is 12.7. The SMILES string of the molecule is C#CC(CCCCCC)OCC(=O)NCC(=O)NCCNC(=O)C(F)(F)F. The predicted molar refractivity (Wildman–Crippen MR) is 92.4 cm³/mol. The van der Waals surface area contributed by atoms with E-state index >= 15 is 0 Å². The minimum absolute atomic E-state index is 0.204. The summed E-state index contributed by atoms with van der Waals surface area (Å²) in [6.07, 6.45) is 4.68. The van der Waals surface area contributed by atoms with E-state index in [1.165, 1.54) is 0 Å². The van der Waals surface area contributed by atoms with Crippen LogP contribution in [-0.2, 0) is 19.1 Å². The zero-order valence-electron chi connectivity index (χ0n) is 15.3. The summed E-state index contributed by atoms with van der Waals surface area (Å²) in [5.41, 5.74) is 0. The smallest absolute Gasteiger partial charge is 0.356 e. The molecule has 0 saturated carbocycles. The van der Waals surface area contributed by atoms with Gasteiger partial charge in [0.2, 0.25) is 11.8 Å². The average molecular weight is 393 g/mol. The minimum atomic E-state index is -4.97. The highest BCUT2D eigenvalue weighted by molar-refractivity contribution is 5.85. The molecule has 27 heavy (non-hydrogen) atoms. The van der Waals surface area contributed by atoms with E-state index in [0.29, 0.717) is 6.42 Å². The van der Waals surface area contributed by atoms with Crippen molar-refractivity contribution < 1.29 is 32.3 Å². The van der Waals surface area contributed by atoms with Crippen molar-refractivity contribution in [2.24, 2.45) is 0 Å². The van der Waals surface area contributed by atoms with Crippen molar-refractivity contribution in [1.82, 2.24) is 16.0 Å². The van der Waals surface area contributed by atoms with Gasteiger partial charge >= 0.3 is 12.1 Å². The zero-order chi connectivity index (χ0) is 20.7. The van der Waals surface area contributed by atoms with Crippen molar-refractivity contribution in [2.45, 2.75) is 51.3 Å². The van der Waals surface area contributed by atoms with Gasteiger partial charge in [0.1, 0.15) is 12.7 Å². The van der Waals surface area contributed by atoms with Gasteiger partial charge in [0.05, 0.1) is 6.54 Å². The van der Waals surface area contributed by atoms with E-state index in [1.54, 1.807) is 5.32 Å². The molecule has 0 heterocycles. The molecule has 0 rings (SSSR count). The van der Waals surface area contributed by atoms with Crippen molar-refractivity contribution in [2.75, 3.05) is 26.2 Å². The van der Waals surface area contributed by atoms with Gasteiger partial charge in [-0.3, -0.25) is 14.4 Å². The van der Waals surface area contributed by atoms with E-state index in [2.05, 4.69) is 23.5 Å². The van der Waals surface area contributed by atoms with Crippen LogP contribution in [0.1, 0.15) is 39.0 Å². The van der Waals surface area contributed by atoms with Crippen LogP contribution in [0.3, 0.4) is 0 Å². The molecule has 0 bridgehead atoms. The lowest BCUT2D eigenvalue weighted by molar-refractivity contribution is -0.173. The first kappa shape index (κ1) is 24.7. The third-order valence-electron chi connectivity index (χ3n) is 3.36. The second-order valence-corrected chi connectivity index (χ2v) is 5.70. The van der Waals surface area contributed by atoms with Gasteiger partial charge in [-0.1, -0.05) is 32.1 Å². The number of halogens is 3. The summed E-state index contributed by atoms with van der Waals surface area (Å²) in [7, 11) is 0. The third kappa shape index (κ3) is 13.6. The highest BCUT2D eigenvalue weighted by Gasteiger charge is 2.38. The number of rotatable bonds is 13. The Morgan fingerprint density at radius 3 is 2.30 bits per heavy atom. The molecule has 3 N–H and O–H groups in total. The molecule has 0 radical (unpaired) electrons. The van der Waals surface area contributed by atoms with Crippen LogP contribution < -0.4 is 16.0 Å². The molecule has 10 heteroatoms. The maximum absolute atomic E-state index is 11.9. The summed E-state index contributed by atoms with van der Waals surface area (Å²) in [6.45, 7) is 0.839. The molecular formula is C17H26F3N3O4. The van der Waals surface area contributed by atoms with Gasteiger partial charge < -0.3 is 20.7 Å². The Kier molecular flexibility index (Phi) is 12.7. The third-order valence-corrected chi connectivity index (χ3v) is 3.36. The lowest BCUT2D eigenvalue weighted by atomic mass is 10.1. The van der Waals surface area contributed by atoms with Gasteiger partial charge in [0.25, 0.3) is 0 Å². The lowest BCUT2D eigenvalue weighted by Crippen LogP contribution is -2.43. The summed E-state index contributed by atoms with van der Waals surface area (Å²) < 4.78 is 41.1. The molecule has 1 atom stereocenters. The number of terminal acetylenes is 1. The van der Waals surface area contributed by atoms with E-state index in [1.807, 2.05) is 0 Å². The number of nitrogens with one attached hydrogen (secondary N) is 3. The van der Waals surface area contributed by atoms with Crippen molar-refractivity contribution in [1.29, 1.82) is 0 Å². The van der Waals surface area contributed by atoms with E-state index in [4.69, 9.17) is 11.2 Å². The molecule has 0 saturated heterocycles. The minimum Gasteiger partial charge on any atom is -0.356 e. The lowest BCUT2D eigenvalue weighted by Gasteiger charge is -2.12. The Morgan fingerprint density at radius 2 is 1.70 bits per heavy atom. The molecule has 7 nitrogen and oxygen atoms in total. The fraction of sp³-hybridized carbons (Fsp3) is 0.706. The summed E-state index contributed by atoms with van der Waals surface area (Å²) >= 11 is 0. The van der Waals surface area contributed by atoms with Gasteiger partial charge in [0.15, 0.2) is 0 Å². The highest BCUT2D eigenvalue weighted by Crippen LogP contribution is 2.13. The number of ether oxygens (including phenoxy) is 1. The molecule has 0 aromatic rings. The summed E-state index contributed by atoms with van der Waals surface area (Å²) in [6, 6.07) is 0. The first-order valence-corrected chi connectivity index (χ1v) is 8.66. The van der Waals surface area contributed by atoms with Crippen molar-refractivity contribution in [3.63, 3.8) is 0 Å². The van der Waals surface area contributed by atoms with Crippen LogP contribution in [0.5, 0.6) is 0 Å². The average Bonchev–Trinajstić information content (AvgIpc) is 2.61. The van der Waals surface area contributed by atoms with E-state index < -0.39 is 30.0 Å². The highest BCUT2D eigenvalue weighted by atomic mass is 19.4. The summed E-state index contributed by atoms with van der Waals surface area (Å²) in [4.78, 5) is 33.6. The second kappa shape index (κ2) is 13.9. The number of unbranched alkanes of at least 4 members (excludes halogenated alkanes) is 3. The molecule has 1 unspecified atom stereocenters. The molecule has 0 aliphatic carbocycles. The van der Waals surface area contributed by atoms with Crippen LogP contribution in [0.2, 0.25) is 0 Å². The fourth-order valence-electron chi connectivity index (χ4n) is 1.92. The monoisotopic (exact) mass is 393 g/mol. The maximum atomic E-state index is 11.9. The number of hydrogen-bond acceptors (Lipinski definition) is 4. The predicted octanol–water partition coefficient (Wildman–Crippen LogP) is 0.886. The number of alkyl halides is 3. The Bertz CT molecular complexity index is 519. The standard InChI is InChI=1S/C17H26F3N3O4/c1-3-5-6-7-8-13(4-2)27-12-15(25)23-11-14(24)21-9-10-22-16(26)17(18,19)20/h2,13H,3,5-12H2,1H3,(H,21,24)(H,22,26)(H,23,25). The molecule has 0 aliphatic rings. The molecule has 0 aromatic heterocycles.